The van der Waals surface area contributed by atoms with E-state index in [0.29, 0.717) is 23.7 Å². The van der Waals surface area contributed by atoms with E-state index < -0.39 is 0 Å². The lowest BCUT2D eigenvalue weighted by atomic mass is 9.85. The summed E-state index contributed by atoms with van der Waals surface area (Å²) in [5, 5.41) is 13.1. The first-order chi connectivity index (χ1) is 7.79. The van der Waals surface area contributed by atoms with Crippen molar-refractivity contribution in [3.05, 3.63) is 23.1 Å². The monoisotopic (exact) mass is 243 g/mol. The standard InChI is InChI=1S/C12H18ClNO2/c13-12-6-5-10(16-12)7-14-11-4-2-1-3-9(11)8-15/h5-6,9,11,14-15H,1-4,7-8H2. The van der Waals surface area contributed by atoms with Gasteiger partial charge in [0.25, 0.3) is 0 Å². The predicted octanol–water partition coefficient (Wildman–Crippen LogP) is 2.57. The van der Waals surface area contributed by atoms with Crippen LogP contribution in [0.5, 0.6) is 0 Å². The first kappa shape index (κ1) is 12.0. The van der Waals surface area contributed by atoms with E-state index in [1.54, 1.807) is 6.07 Å². The highest BCUT2D eigenvalue weighted by molar-refractivity contribution is 6.28. The molecular formula is C12H18ClNO2. The lowest BCUT2D eigenvalue weighted by Crippen LogP contribution is -2.39. The van der Waals surface area contributed by atoms with E-state index in [1.807, 2.05) is 6.07 Å². The minimum atomic E-state index is 0.274. The van der Waals surface area contributed by atoms with Crippen molar-refractivity contribution in [3.63, 3.8) is 0 Å². The van der Waals surface area contributed by atoms with Gasteiger partial charge in [0.05, 0.1) is 6.54 Å². The number of nitrogens with one attached hydrogen (secondary N) is 1. The number of aliphatic hydroxyl groups is 1. The molecule has 0 amide bonds. The highest BCUT2D eigenvalue weighted by atomic mass is 35.5. The Bertz CT molecular complexity index is 327. The molecule has 1 aromatic heterocycles. The second kappa shape index (κ2) is 5.71. The molecule has 0 aromatic carbocycles. The lowest BCUT2D eigenvalue weighted by Gasteiger charge is -2.30. The van der Waals surface area contributed by atoms with Crippen LogP contribution >= 0.6 is 11.6 Å². The fraction of sp³-hybridized carbons (Fsp3) is 0.667. The molecule has 90 valence electrons. The van der Waals surface area contributed by atoms with E-state index in [2.05, 4.69) is 5.32 Å². The summed E-state index contributed by atoms with van der Waals surface area (Å²) in [6, 6.07) is 4.04. The van der Waals surface area contributed by atoms with Gasteiger partial charge in [-0.1, -0.05) is 12.8 Å². The molecule has 16 heavy (non-hydrogen) atoms. The Hall–Kier alpha value is -0.510. The third-order valence-corrected chi connectivity index (χ3v) is 3.51. The summed E-state index contributed by atoms with van der Waals surface area (Å²) in [5.74, 6) is 1.24. The van der Waals surface area contributed by atoms with Crippen LogP contribution in [0.25, 0.3) is 0 Å². The van der Waals surface area contributed by atoms with Gasteiger partial charge in [-0.05, 0) is 42.5 Å². The molecule has 0 aliphatic heterocycles. The molecule has 1 fully saturated rings. The van der Waals surface area contributed by atoms with Gasteiger partial charge < -0.3 is 14.8 Å². The van der Waals surface area contributed by atoms with E-state index >= 15 is 0 Å². The average molecular weight is 244 g/mol. The number of furan rings is 1. The van der Waals surface area contributed by atoms with Crippen LogP contribution in [0.3, 0.4) is 0 Å². The zero-order valence-electron chi connectivity index (χ0n) is 9.29. The zero-order chi connectivity index (χ0) is 11.4. The molecule has 1 aliphatic rings. The van der Waals surface area contributed by atoms with Crippen LogP contribution in [0.4, 0.5) is 0 Å². The van der Waals surface area contributed by atoms with Gasteiger partial charge in [0.15, 0.2) is 5.22 Å². The molecule has 2 rings (SSSR count). The molecule has 2 unspecified atom stereocenters. The minimum Gasteiger partial charge on any atom is -0.448 e. The molecule has 1 heterocycles. The molecule has 1 aromatic rings. The van der Waals surface area contributed by atoms with Crippen molar-refractivity contribution >= 4 is 11.6 Å². The van der Waals surface area contributed by atoms with Crippen LogP contribution < -0.4 is 5.32 Å². The topological polar surface area (TPSA) is 45.4 Å². The quantitative estimate of drug-likeness (QED) is 0.855. The fourth-order valence-corrected chi connectivity index (χ4v) is 2.54. The Labute approximate surface area is 101 Å². The Morgan fingerprint density at radius 1 is 1.38 bits per heavy atom. The molecule has 2 N–H and O–H groups in total. The number of rotatable bonds is 4. The third kappa shape index (κ3) is 3.00. The summed E-state index contributed by atoms with van der Waals surface area (Å²) >= 11 is 5.70. The smallest absolute Gasteiger partial charge is 0.193 e. The average Bonchev–Trinajstić information content (AvgIpc) is 2.73. The van der Waals surface area contributed by atoms with Gasteiger partial charge in [-0.3, -0.25) is 0 Å². The van der Waals surface area contributed by atoms with E-state index in [4.69, 9.17) is 16.0 Å². The van der Waals surface area contributed by atoms with Gasteiger partial charge in [0, 0.05) is 12.6 Å². The summed E-state index contributed by atoms with van der Waals surface area (Å²) in [6.45, 7) is 0.963. The predicted molar refractivity (Wildman–Crippen MR) is 63.4 cm³/mol. The maximum atomic E-state index is 9.28. The molecule has 0 bridgehead atoms. The first-order valence-corrected chi connectivity index (χ1v) is 6.26. The van der Waals surface area contributed by atoms with Crippen LogP contribution in [0, 0.1) is 5.92 Å². The zero-order valence-corrected chi connectivity index (χ0v) is 10.0. The SMILES string of the molecule is OCC1CCCCC1NCc1ccc(Cl)o1. The van der Waals surface area contributed by atoms with Crippen molar-refractivity contribution in [3.8, 4) is 0 Å². The van der Waals surface area contributed by atoms with Crippen LogP contribution in [-0.2, 0) is 6.54 Å². The summed E-state index contributed by atoms with van der Waals surface area (Å²) in [6.07, 6.45) is 4.73. The largest absolute Gasteiger partial charge is 0.448 e. The first-order valence-electron chi connectivity index (χ1n) is 5.88. The van der Waals surface area contributed by atoms with Crippen LogP contribution in [0.1, 0.15) is 31.4 Å². The van der Waals surface area contributed by atoms with Crippen LogP contribution in [0.2, 0.25) is 5.22 Å². The molecule has 0 radical (unpaired) electrons. The van der Waals surface area contributed by atoms with Crippen molar-refractivity contribution in [2.24, 2.45) is 5.92 Å². The van der Waals surface area contributed by atoms with E-state index in [-0.39, 0.29) is 6.61 Å². The molecule has 0 saturated heterocycles. The number of halogens is 1. The minimum absolute atomic E-state index is 0.274. The number of hydrogen-bond donors (Lipinski definition) is 2. The highest BCUT2D eigenvalue weighted by Crippen LogP contribution is 2.24. The van der Waals surface area contributed by atoms with Crippen LogP contribution in [0.15, 0.2) is 16.5 Å². The maximum absolute atomic E-state index is 9.28. The fourth-order valence-electron chi connectivity index (χ4n) is 2.37. The van der Waals surface area contributed by atoms with Crippen molar-refractivity contribution in [2.75, 3.05) is 6.61 Å². The van der Waals surface area contributed by atoms with Crippen LogP contribution in [-0.4, -0.2) is 17.8 Å². The van der Waals surface area contributed by atoms with Crippen molar-refractivity contribution in [1.29, 1.82) is 0 Å². The Kier molecular flexibility index (Phi) is 4.27. The summed E-state index contributed by atoms with van der Waals surface area (Å²) in [4.78, 5) is 0. The van der Waals surface area contributed by atoms with E-state index in [1.165, 1.54) is 12.8 Å². The van der Waals surface area contributed by atoms with E-state index in [9.17, 15) is 5.11 Å². The normalized spacial score (nSPS) is 25.9. The van der Waals surface area contributed by atoms with Gasteiger partial charge in [-0.2, -0.15) is 0 Å². The summed E-state index contributed by atoms with van der Waals surface area (Å²) in [7, 11) is 0. The maximum Gasteiger partial charge on any atom is 0.193 e. The van der Waals surface area contributed by atoms with E-state index in [0.717, 1.165) is 18.6 Å². The molecule has 1 aliphatic carbocycles. The van der Waals surface area contributed by atoms with Crippen molar-refractivity contribution in [1.82, 2.24) is 5.32 Å². The van der Waals surface area contributed by atoms with Gasteiger partial charge in [0.2, 0.25) is 0 Å². The molecule has 4 heteroatoms. The Balaban J connectivity index is 1.84. The van der Waals surface area contributed by atoms with Gasteiger partial charge in [-0.15, -0.1) is 0 Å². The van der Waals surface area contributed by atoms with Crippen molar-refractivity contribution < 1.29 is 9.52 Å². The van der Waals surface area contributed by atoms with Gasteiger partial charge >= 0.3 is 0 Å². The highest BCUT2D eigenvalue weighted by Gasteiger charge is 2.23. The second-order valence-corrected chi connectivity index (χ2v) is 4.79. The number of hydrogen-bond acceptors (Lipinski definition) is 3. The molecule has 1 saturated carbocycles. The number of aliphatic hydroxyl groups excluding tert-OH is 1. The molecule has 0 spiro atoms. The molecule has 2 atom stereocenters. The summed E-state index contributed by atoms with van der Waals surface area (Å²) < 4.78 is 5.28. The molecule has 3 nitrogen and oxygen atoms in total. The Morgan fingerprint density at radius 2 is 2.19 bits per heavy atom. The van der Waals surface area contributed by atoms with Gasteiger partial charge in [0.1, 0.15) is 5.76 Å². The lowest BCUT2D eigenvalue weighted by molar-refractivity contribution is 0.151. The van der Waals surface area contributed by atoms with Gasteiger partial charge in [-0.25, -0.2) is 0 Å². The Morgan fingerprint density at radius 3 is 2.88 bits per heavy atom. The van der Waals surface area contributed by atoms with Crippen molar-refractivity contribution in [2.45, 2.75) is 38.3 Å². The second-order valence-electron chi connectivity index (χ2n) is 4.42. The third-order valence-electron chi connectivity index (χ3n) is 3.31. The molecular weight excluding hydrogens is 226 g/mol. The summed E-state index contributed by atoms with van der Waals surface area (Å²) in [5.41, 5.74) is 0.